The number of amides is 1. The molecule has 2 aliphatic rings. The molecular formula is C21H24F3N7O3. The van der Waals surface area contributed by atoms with Gasteiger partial charge in [-0.3, -0.25) is 9.50 Å². The fourth-order valence-electron chi connectivity index (χ4n) is 4.01. The van der Waals surface area contributed by atoms with Gasteiger partial charge in [-0.15, -0.1) is 0 Å². The summed E-state index contributed by atoms with van der Waals surface area (Å²) in [5.41, 5.74) is 0.775. The van der Waals surface area contributed by atoms with Crippen LogP contribution in [0.3, 0.4) is 0 Å². The molecule has 3 aromatic heterocycles. The zero-order chi connectivity index (χ0) is 23.9. The van der Waals surface area contributed by atoms with Crippen molar-refractivity contribution in [1.29, 1.82) is 0 Å². The van der Waals surface area contributed by atoms with Crippen LogP contribution in [-0.4, -0.2) is 61.5 Å². The molecule has 10 nitrogen and oxygen atoms in total. The van der Waals surface area contributed by atoms with E-state index < -0.39 is 37.3 Å². The number of hydrogen-bond donors (Lipinski definition) is 3. The second-order valence-corrected chi connectivity index (χ2v) is 8.87. The molecule has 2 fully saturated rings. The van der Waals surface area contributed by atoms with E-state index in [4.69, 9.17) is 9.47 Å². The van der Waals surface area contributed by atoms with Crippen molar-refractivity contribution in [3.8, 4) is 5.88 Å². The maximum absolute atomic E-state index is 15.1. The highest BCUT2D eigenvalue weighted by atomic mass is 19.3. The molecule has 0 aromatic carbocycles. The monoisotopic (exact) mass is 479 g/mol. The molecule has 34 heavy (non-hydrogen) atoms. The standard InChI is InChI=1S/C21H24F3N7O3/c1-21(5-6-21)28-20(32)34-13-3-2-11(18(13)24)12-8-15(30-29-12)26-19-25-7-4-16-27-17(9-31(16)19)33-10-14(22)23/h4,7-9,11,13-14,18H,2-3,5-6,10H2,1H3,(H,28,32)(H2,25,26,29,30)/t11-,13-,18-/m1/s1. The highest BCUT2D eigenvalue weighted by Crippen LogP contribution is 2.39. The second-order valence-electron chi connectivity index (χ2n) is 8.87. The number of alkyl carbamates (subject to hydrolysis) is 1. The number of carbonyl (C=O) groups excluding carboxylic acids is 1. The average Bonchev–Trinajstić information content (AvgIpc) is 3.15. The minimum atomic E-state index is -2.61. The smallest absolute Gasteiger partial charge is 0.407 e. The van der Waals surface area contributed by atoms with E-state index in [9.17, 15) is 13.6 Å². The summed E-state index contributed by atoms with van der Waals surface area (Å²) in [7, 11) is 0. The van der Waals surface area contributed by atoms with Crippen LogP contribution in [0.2, 0.25) is 0 Å². The lowest BCUT2D eigenvalue weighted by Gasteiger charge is -2.19. The van der Waals surface area contributed by atoms with Gasteiger partial charge in [-0.1, -0.05) is 0 Å². The fourth-order valence-corrected chi connectivity index (χ4v) is 4.01. The van der Waals surface area contributed by atoms with E-state index in [2.05, 4.69) is 30.8 Å². The highest BCUT2D eigenvalue weighted by Gasteiger charge is 2.43. The van der Waals surface area contributed by atoms with E-state index in [-0.39, 0.29) is 11.4 Å². The Morgan fingerprint density at radius 2 is 2.21 bits per heavy atom. The Bertz CT molecular complexity index is 1180. The van der Waals surface area contributed by atoms with Crippen molar-refractivity contribution in [2.45, 2.75) is 62.8 Å². The van der Waals surface area contributed by atoms with Crippen LogP contribution in [0.4, 0.5) is 29.7 Å². The highest BCUT2D eigenvalue weighted by molar-refractivity contribution is 5.69. The van der Waals surface area contributed by atoms with E-state index in [1.165, 1.54) is 16.8 Å². The first-order valence-electron chi connectivity index (χ1n) is 11.0. The summed E-state index contributed by atoms with van der Waals surface area (Å²) in [6.07, 6.45) is 0.246. The summed E-state index contributed by atoms with van der Waals surface area (Å²) in [6, 6.07) is 3.26. The number of aromatic amines is 1. The first-order valence-corrected chi connectivity index (χ1v) is 11.0. The normalized spacial score (nSPS) is 23.3. The Hall–Kier alpha value is -3.51. The molecule has 182 valence electrons. The zero-order valence-electron chi connectivity index (χ0n) is 18.3. The van der Waals surface area contributed by atoms with Gasteiger partial charge in [0.25, 0.3) is 6.43 Å². The topological polar surface area (TPSA) is 118 Å². The molecular weight excluding hydrogens is 455 g/mol. The summed E-state index contributed by atoms with van der Waals surface area (Å²) >= 11 is 0. The van der Waals surface area contributed by atoms with E-state index in [1.54, 1.807) is 12.1 Å². The van der Waals surface area contributed by atoms with Crippen LogP contribution in [-0.2, 0) is 4.74 Å². The van der Waals surface area contributed by atoms with Crippen molar-refractivity contribution in [3.63, 3.8) is 0 Å². The maximum atomic E-state index is 15.1. The Labute approximate surface area is 192 Å². The van der Waals surface area contributed by atoms with E-state index >= 15 is 4.39 Å². The summed E-state index contributed by atoms with van der Waals surface area (Å²) < 4.78 is 51.7. The number of ether oxygens (including phenoxy) is 2. The quantitative estimate of drug-likeness (QED) is 0.451. The minimum absolute atomic E-state index is 0.0380. The van der Waals surface area contributed by atoms with Crippen LogP contribution in [0, 0.1) is 0 Å². The number of fused-ring (bicyclic) bond motifs is 1. The molecule has 0 bridgehead atoms. The second kappa shape index (κ2) is 8.69. The van der Waals surface area contributed by atoms with Gasteiger partial charge in [0.2, 0.25) is 11.8 Å². The molecule has 3 heterocycles. The number of aromatic nitrogens is 5. The third kappa shape index (κ3) is 4.73. The van der Waals surface area contributed by atoms with Crippen molar-refractivity contribution < 1.29 is 27.4 Å². The van der Waals surface area contributed by atoms with Crippen molar-refractivity contribution >= 4 is 23.5 Å². The first kappa shape index (κ1) is 22.3. The summed E-state index contributed by atoms with van der Waals surface area (Å²) in [5, 5.41) is 12.8. The Kier molecular flexibility index (Phi) is 5.70. The molecule has 1 amide bonds. The number of imidazole rings is 1. The van der Waals surface area contributed by atoms with Crippen molar-refractivity contribution in [3.05, 3.63) is 30.2 Å². The predicted molar refractivity (Wildman–Crippen MR) is 114 cm³/mol. The molecule has 5 rings (SSSR count). The Balaban J connectivity index is 1.24. The van der Waals surface area contributed by atoms with E-state index in [0.717, 1.165) is 12.8 Å². The summed E-state index contributed by atoms with van der Waals surface area (Å²) in [6.45, 7) is 1.16. The van der Waals surface area contributed by atoms with Crippen molar-refractivity contribution in [2.24, 2.45) is 0 Å². The van der Waals surface area contributed by atoms with Crippen LogP contribution in [0.15, 0.2) is 24.5 Å². The van der Waals surface area contributed by atoms with Gasteiger partial charge in [0.05, 0.1) is 6.20 Å². The maximum Gasteiger partial charge on any atom is 0.407 e. The number of halogens is 3. The van der Waals surface area contributed by atoms with Crippen LogP contribution >= 0.6 is 0 Å². The SMILES string of the molecule is CC1(NC(=O)O[C@@H]2CC[C@H](c3cc(Nc4nccc5nc(OCC(F)F)cn45)n[nH]3)[C@H]2F)CC1. The number of hydrogen-bond acceptors (Lipinski definition) is 7. The lowest BCUT2D eigenvalue weighted by molar-refractivity contribution is 0.0546. The van der Waals surface area contributed by atoms with Crippen LogP contribution < -0.4 is 15.4 Å². The lowest BCUT2D eigenvalue weighted by atomic mass is 10.0. The summed E-state index contributed by atoms with van der Waals surface area (Å²) in [5.74, 6) is 0.249. The van der Waals surface area contributed by atoms with Gasteiger partial charge in [0, 0.05) is 29.4 Å². The lowest BCUT2D eigenvalue weighted by Crippen LogP contribution is -2.38. The number of anilines is 2. The fraction of sp³-hybridized carbons (Fsp3) is 0.524. The minimum Gasteiger partial charge on any atom is -0.470 e. The molecule has 3 atom stereocenters. The number of alkyl halides is 3. The van der Waals surface area contributed by atoms with Gasteiger partial charge in [0.1, 0.15) is 17.9 Å². The van der Waals surface area contributed by atoms with Gasteiger partial charge in [-0.05, 0) is 38.7 Å². The van der Waals surface area contributed by atoms with Crippen molar-refractivity contribution in [2.75, 3.05) is 11.9 Å². The third-order valence-corrected chi connectivity index (χ3v) is 6.12. The van der Waals surface area contributed by atoms with E-state index in [1.807, 2.05) is 6.92 Å². The number of H-pyrrole nitrogens is 1. The Morgan fingerprint density at radius 3 is 2.97 bits per heavy atom. The number of carbonyl (C=O) groups is 1. The Morgan fingerprint density at radius 1 is 1.38 bits per heavy atom. The number of rotatable bonds is 8. The van der Waals surface area contributed by atoms with Gasteiger partial charge >= 0.3 is 6.09 Å². The molecule has 0 saturated heterocycles. The van der Waals surface area contributed by atoms with Gasteiger partial charge in [0.15, 0.2) is 12.4 Å². The molecule has 3 aromatic rings. The van der Waals surface area contributed by atoms with E-state index in [0.29, 0.717) is 35.9 Å². The molecule has 0 spiro atoms. The number of nitrogens with zero attached hydrogens (tertiary/aromatic N) is 4. The molecule has 0 unspecified atom stereocenters. The summed E-state index contributed by atoms with van der Waals surface area (Å²) in [4.78, 5) is 20.4. The van der Waals surface area contributed by atoms with Gasteiger partial charge < -0.3 is 20.1 Å². The first-order chi connectivity index (χ1) is 16.3. The van der Waals surface area contributed by atoms with Crippen molar-refractivity contribution in [1.82, 2.24) is 29.9 Å². The van der Waals surface area contributed by atoms with Gasteiger partial charge in [-0.25, -0.2) is 22.9 Å². The molecule has 3 N–H and O–H groups in total. The largest absolute Gasteiger partial charge is 0.470 e. The molecule has 0 aliphatic heterocycles. The molecule has 13 heteroatoms. The third-order valence-electron chi connectivity index (χ3n) is 6.12. The van der Waals surface area contributed by atoms with Crippen LogP contribution in [0.5, 0.6) is 5.88 Å². The molecule has 2 saturated carbocycles. The van der Waals surface area contributed by atoms with Gasteiger partial charge in [-0.2, -0.15) is 10.1 Å². The van der Waals surface area contributed by atoms with Crippen LogP contribution in [0.1, 0.15) is 44.2 Å². The van der Waals surface area contributed by atoms with Crippen LogP contribution in [0.25, 0.3) is 5.65 Å². The predicted octanol–water partition coefficient (Wildman–Crippen LogP) is 3.70. The zero-order valence-corrected chi connectivity index (χ0v) is 18.3. The molecule has 2 aliphatic carbocycles. The number of nitrogens with one attached hydrogen (secondary N) is 3. The molecule has 0 radical (unpaired) electrons. The average molecular weight is 479 g/mol.